The second kappa shape index (κ2) is 5.46. The van der Waals surface area contributed by atoms with Crippen molar-refractivity contribution in [3.05, 3.63) is 34.9 Å². The molecule has 0 bridgehead atoms. The summed E-state index contributed by atoms with van der Waals surface area (Å²) in [5.41, 5.74) is 2.32. The smallest absolute Gasteiger partial charge is 0.338 e. The van der Waals surface area contributed by atoms with Crippen LogP contribution in [-0.4, -0.2) is 30.1 Å². The molecule has 1 saturated heterocycles. The minimum Gasteiger partial charge on any atom is -0.338 e. The van der Waals surface area contributed by atoms with Gasteiger partial charge in [0.25, 0.3) is 5.91 Å². The normalized spacial score (nSPS) is 20.1. The molecular formula is C15H18F3NO. The van der Waals surface area contributed by atoms with Gasteiger partial charge in [-0.3, -0.25) is 4.79 Å². The molecule has 0 radical (unpaired) electrons. The molecule has 1 amide bonds. The molecule has 1 atom stereocenters. The van der Waals surface area contributed by atoms with E-state index in [1.165, 1.54) is 4.90 Å². The second-order valence-electron chi connectivity index (χ2n) is 5.38. The molecule has 1 aromatic rings. The highest BCUT2D eigenvalue weighted by Crippen LogP contribution is 2.33. The Balaban J connectivity index is 2.19. The van der Waals surface area contributed by atoms with Crippen molar-refractivity contribution in [1.29, 1.82) is 0 Å². The van der Waals surface area contributed by atoms with Crippen LogP contribution in [0.1, 0.15) is 34.3 Å². The fourth-order valence-electron chi connectivity index (χ4n) is 2.58. The minimum absolute atomic E-state index is 0.111. The van der Waals surface area contributed by atoms with Gasteiger partial charge in [0.1, 0.15) is 0 Å². The lowest BCUT2D eigenvalue weighted by Crippen LogP contribution is -2.44. The Kier molecular flexibility index (Phi) is 4.06. The van der Waals surface area contributed by atoms with Gasteiger partial charge in [0.05, 0.1) is 5.92 Å². The van der Waals surface area contributed by atoms with Crippen molar-refractivity contribution in [1.82, 2.24) is 4.90 Å². The van der Waals surface area contributed by atoms with Crippen LogP contribution in [0.5, 0.6) is 0 Å². The molecule has 5 heteroatoms. The fraction of sp³-hybridized carbons (Fsp3) is 0.533. The first-order valence-corrected chi connectivity index (χ1v) is 6.73. The van der Waals surface area contributed by atoms with Crippen LogP contribution < -0.4 is 0 Å². The van der Waals surface area contributed by atoms with Gasteiger partial charge in [0.2, 0.25) is 0 Å². The van der Waals surface area contributed by atoms with E-state index in [0.29, 0.717) is 18.5 Å². The molecule has 0 unspecified atom stereocenters. The Hall–Kier alpha value is -1.52. The van der Waals surface area contributed by atoms with Crippen LogP contribution in [0.3, 0.4) is 0 Å². The maximum absolute atomic E-state index is 12.8. The Labute approximate surface area is 116 Å². The number of halogens is 3. The second-order valence-corrected chi connectivity index (χ2v) is 5.38. The predicted octanol–water partition coefficient (Wildman–Crippen LogP) is 3.72. The summed E-state index contributed by atoms with van der Waals surface area (Å²) in [5, 5.41) is 0. The van der Waals surface area contributed by atoms with Gasteiger partial charge in [-0.25, -0.2) is 0 Å². The van der Waals surface area contributed by atoms with E-state index in [1.807, 2.05) is 19.9 Å². The average molecular weight is 285 g/mol. The minimum atomic E-state index is -4.22. The topological polar surface area (TPSA) is 20.3 Å². The van der Waals surface area contributed by atoms with Gasteiger partial charge in [0.15, 0.2) is 0 Å². The van der Waals surface area contributed by atoms with Crippen LogP contribution in [0, 0.1) is 19.8 Å². The number of piperidine rings is 1. The van der Waals surface area contributed by atoms with E-state index in [0.717, 1.165) is 11.1 Å². The molecule has 1 heterocycles. The quantitative estimate of drug-likeness (QED) is 0.770. The van der Waals surface area contributed by atoms with E-state index >= 15 is 0 Å². The van der Waals surface area contributed by atoms with Crippen molar-refractivity contribution in [3.63, 3.8) is 0 Å². The third-order valence-corrected chi connectivity index (χ3v) is 4.01. The summed E-state index contributed by atoms with van der Waals surface area (Å²) >= 11 is 0. The zero-order chi connectivity index (χ0) is 14.9. The van der Waals surface area contributed by atoms with Crippen molar-refractivity contribution < 1.29 is 18.0 Å². The zero-order valence-electron chi connectivity index (χ0n) is 11.6. The maximum atomic E-state index is 12.8. The first-order valence-electron chi connectivity index (χ1n) is 6.73. The third-order valence-electron chi connectivity index (χ3n) is 4.01. The molecule has 1 aromatic carbocycles. The third kappa shape index (κ3) is 2.97. The standard InChI is InChI=1S/C15H18F3NO/c1-10-5-3-7-13(11(10)2)14(20)19-8-4-6-12(9-19)15(16,17)18/h3,5,7,12H,4,6,8-9H2,1-2H3/t12-/m1/s1. The van der Waals surface area contributed by atoms with E-state index in [9.17, 15) is 18.0 Å². The lowest BCUT2D eigenvalue weighted by Gasteiger charge is -2.34. The highest BCUT2D eigenvalue weighted by atomic mass is 19.4. The molecule has 0 saturated carbocycles. The number of alkyl halides is 3. The molecule has 0 N–H and O–H groups in total. The van der Waals surface area contributed by atoms with Crippen LogP contribution in [0.2, 0.25) is 0 Å². The van der Waals surface area contributed by atoms with Gasteiger partial charge in [0, 0.05) is 18.7 Å². The fourth-order valence-corrected chi connectivity index (χ4v) is 2.58. The molecule has 0 aromatic heterocycles. The first-order chi connectivity index (χ1) is 9.30. The van der Waals surface area contributed by atoms with E-state index in [4.69, 9.17) is 0 Å². The SMILES string of the molecule is Cc1cccc(C(=O)N2CCC[C@@H](C(F)(F)F)C2)c1C. The van der Waals surface area contributed by atoms with E-state index in [-0.39, 0.29) is 18.9 Å². The van der Waals surface area contributed by atoms with Crippen LogP contribution in [0.15, 0.2) is 18.2 Å². The van der Waals surface area contributed by atoms with Gasteiger partial charge in [-0.1, -0.05) is 12.1 Å². The number of hydrogen-bond acceptors (Lipinski definition) is 1. The average Bonchev–Trinajstić information content (AvgIpc) is 2.40. The van der Waals surface area contributed by atoms with Gasteiger partial charge in [-0.2, -0.15) is 13.2 Å². The van der Waals surface area contributed by atoms with Gasteiger partial charge < -0.3 is 4.90 Å². The summed E-state index contributed by atoms with van der Waals surface area (Å²) in [4.78, 5) is 13.7. The van der Waals surface area contributed by atoms with Crippen molar-refractivity contribution in [2.45, 2.75) is 32.9 Å². The number of rotatable bonds is 1. The molecule has 2 rings (SSSR count). The highest BCUT2D eigenvalue weighted by molar-refractivity contribution is 5.96. The van der Waals surface area contributed by atoms with Crippen LogP contribution in [-0.2, 0) is 0 Å². The largest absolute Gasteiger partial charge is 0.393 e. The van der Waals surface area contributed by atoms with E-state index < -0.39 is 12.1 Å². The number of benzene rings is 1. The summed E-state index contributed by atoms with van der Waals surface area (Å²) in [6.45, 7) is 3.89. The first kappa shape index (κ1) is 14.9. The lowest BCUT2D eigenvalue weighted by molar-refractivity contribution is -0.184. The monoisotopic (exact) mass is 285 g/mol. The molecule has 1 fully saturated rings. The summed E-state index contributed by atoms with van der Waals surface area (Å²) < 4.78 is 38.4. The van der Waals surface area contributed by atoms with Gasteiger partial charge >= 0.3 is 6.18 Å². The summed E-state index contributed by atoms with van der Waals surface area (Å²) in [6.07, 6.45) is -3.71. The van der Waals surface area contributed by atoms with E-state index in [2.05, 4.69) is 0 Å². The van der Waals surface area contributed by atoms with Gasteiger partial charge in [-0.15, -0.1) is 0 Å². The molecule has 0 spiro atoms. The maximum Gasteiger partial charge on any atom is 0.393 e. The summed E-state index contributed by atoms with van der Waals surface area (Å²) in [7, 11) is 0. The Bertz CT molecular complexity index is 510. The zero-order valence-corrected chi connectivity index (χ0v) is 11.6. The van der Waals surface area contributed by atoms with Crippen LogP contribution >= 0.6 is 0 Å². The number of nitrogens with zero attached hydrogens (tertiary/aromatic N) is 1. The predicted molar refractivity (Wildman–Crippen MR) is 70.6 cm³/mol. The van der Waals surface area contributed by atoms with Crippen molar-refractivity contribution in [2.24, 2.45) is 5.92 Å². The number of amides is 1. The lowest BCUT2D eigenvalue weighted by atomic mass is 9.95. The molecule has 110 valence electrons. The Morgan fingerprint density at radius 3 is 2.65 bits per heavy atom. The van der Waals surface area contributed by atoms with Gasteiger partial charge in [-0.05, 0) is 43.9 Å². The Morgan fingerprint density at radius 2 is 2.00 bits per heavy atom. The van der Waals surface area contributed by atoms with Crippen molar-refractivity contribution in [2.75, 3.05) is 13.1 Å². The summed E-state index contributed by atoms with van der Waals surface area (Å²) in [5.74, 6) is -1.69. The molecule has 1 aliphatic heterocycles. The number of hydrogen-bond donors (Lipinski definition) is 0. The number of carbonyl (C=O) groups excluding carboxylic acids is 1. The molecule has 0 aliphatic carbocycles. The van der Waals surface area contributed by atoms with E-state index in [1.54, 1.807) is 12.1 Å². The van der Waals surface area contributed by atoms with Crippen LogP contribution in [0.25, 0.3) is 0 Å². The molecular weight excluding hydrogens is 267 g/mol. The number of likely N-dealkylation sites (tertiary alicyclic amines) is 1. The molecule has 1 aliphatic rings. The number of carbonyl (C=O) groups is 1. The summed E-state index contributed by atoms with van der Waals surface area (Å²) in [6, 6.07) is 5.34. The van der Waals surface area contributed by atoms with Crippen molar-refractivity contribution >= 4 is 5.91 Å². The van der Waals surface area contributed by atoms with Crippen LogP contribution in [0.4, 0.5) is 13.2 Å². The Morgan fingerprint density at radius 1 is 1.30 bits per heavy atom. The molecule has 20 heavy (non-hydrogen) atoms. The highest BCUT2D eigenvalue weighted by Gasteiger charge is 2.42. The molecule has 2 nitrogen and oxygen atoms in total. The number of aryl methyl sites for hydroxylation is 1. The van der Waals surface area contributed by atoms with Crippen molar-refractivity contribution in [3.8, 4) is 0 Å².